The lowest BCUT2D eigenvalue weighted by atomic mass is 10.4. The molecule has 6 nitrogen and oxygen atoms in total. The fourth-order valence-corrected chi connectivity index (χ4v) is 2.77. The van der Waals surface area contributed by atoms with Crippen molar-refractivity contribution in [2.75, 3.05) is 44.3 Å². The summed E-state index contributed by atoms with van der Waals surface area (Å²) in [6.07, 6.45) is 2.53. The van der Waals surface area contributed by atoms with Crippen LogP contribution in [0.2, 0.25) is 0 Å². The number of carbonyl (C=O) groups is 1. The summed E-state index contributed by atoms with van der Waals surface area (Å²) in [7, 11) is 1.76. The molecule has 0 saturated carbocycles. The van der Waals surface area contributed by atoms with Crippen molar-refractivity contribution >= 4 is 28.2 Å². The van der Waals surface area contributed by atoms with E-state index in [0.717, 1.165) is 19.6 Å². The molecule has 1 aromatic rings. The Morgan fingerprint density at radius 3 is 2.83 bits per heavy atom. The van der Waals surface area contributed by atoms with Crippen molar-refractivity contribution in [2.24, 2.45) is 0 Å². The van der Waals surface area contributed by atoms with Crippen molar-refractivity contribution in [3.05, 3.63) is 4.88 Å². The summed E-state index contributed by atoms with van der Waals surface area (Å²) in [4.78, 5) is 18.8. The second-order valence-corrected chi connectivity index (χ2v) is 5.29. The van der Waals surface area contributed by atoms with Crippen LogP contribution < -0.4 is 16.4 Å². The quantitative estimate of drug-likeness (QED) is 0.729. The van der Waals surface area contributed by atoms with E-state index in [1.54, 1.807) is 7.05 Å². The minimum atomic E-state index is -0.134. The predicted octanol–water partition coefficient (Wildman–Crippen LogP) is 0.593. The molecule has 4 N–H and O–H groups in total. The number of nitrogen functional groups attached to an aromatic ring is 1. The average molecular weight is 269 g/mol. The molecule has 0 spiro atoms. The first-order valence-corrected chi connectivity index (χ1v) is 6.97. The number of hydrogen-bond donors (Lipinski definition) is 3. The number of carbonyl (C=O) groups excluding carboxylic acids is 1. The number of thiazole rings is 1. The van der Waals surface area contributed by atoms with Gasteiger partial charge in [0.15, 0.2) is 5.13 Å². The second-order valence-electron chi connectivity index (χ2n) is 4.29. The fourth-order valence-electron chi connectivity index (χ4n) is 2.02. The van der Waals surface area contributed by atoms with Crippen molar-refractivity contribution in [2.45, 2.75) is 12.8 Å². The molecule has 1 amide bonds. The van der Waals surface area contributed by atoms with E-state index in [1.807, 2.05) is 0 Å². The highest BCUT2D eigenvalue weighted by Gasteiger charge is 2.16. The van der Waals surface area contributed by atoms with Crippen molar-refractivity contribution in [1.82, 2.24) is 15.2 Å². The van der Waals surface area contributed by atoms with Crippen LogP contribution in [0.3, 0.4) is 0 Å². The van der Waals surface area contributed by atoms with Gasteiger partial charge in [0.1, 0.15) is 10.7 Å². The third-order valence-electron chi connectivity index (χ3n) is 2.99. The van der Waals surface area contributed by atoms with Gasteiger partial charge in [-0.25, -0.2) is 4.98 Å². The largest absolute Gasteiger partial charge is 0.382 e. The first-order valence-electron chi connectivity index (χ1n) is 6.15. The smallest absolute Gasteiger partial charge is 0.265 e. The van der Waals surface area contributed by atoms with Gasteiger partial charge in [-0.15, -0.1) is 0 Å². The number of nitrogens with two attached hydrogens (primary N) is 1. The standard InChI is InChI=1S/C11H19N5OS/c1-13-11-15-9(12)8(18-11)10(17)14-4-7-16-5-2-3-6-16/h2-7,12H2,1H3,(H,13,15)(H,14,17). The van der Waals surface area contributed by atoms with E-state index in [9.17, 15) is 4.79 Å². The van der Waals surface area contributed by atoms with Crippen molar-refractivity contribution < 1.29 is 4.79 Å². The Morgan fingerprint density at radius 2 is 2.22 bits per heavy atom. The van der Waals surface area contributed by atoms with E-state index in [-0.39, 0.29) is 5.91 Å². The van der Waals surface area contributed by atoms with Gasteiger partial charge >= 0.3 is 0 Å². The molecular weight excluding hydrogens is 250 g/mol. The molecule has 1 aromatic heterocycles. The highest BCUT2D eigenvalue weighted by atomic mass is 32.1. The molecule has 0 radical (unpaired) electrons. The molecule has 1 saturated heterocycles. The number of rotatable bonds is 5. The van der Waals surface area contributed by atoms with Crippen LogP contribution in [-0.4, -0.2) is 49.0 Å². The normalized spacial score (nSPS) is 15.8. The van der Waals surface area contributed by atoms with E-state index in [0.29, 0.717) is 22.4 Å². The summed E-state index contributed by atoms with van der Waals surface area (Å²) in [6, 6.07) is 0. The van der Waals surface area contributed by atoms with Gasteiger partial charge < -0.3 is 21.3 Å². The molecule has 2 heterocycles. The molecule has 1 aliphatic rings. The molecule has 0 atom stereocenters. The third-order valence-corrected chi connectivity index (χ3v) is 4.07. The number of anilines is 2. The Bertz CT molecular complexity index is 414. The summed E-state index contributed by atoms with van der Waals surface area (Å²) in [5.41, 5.74) is 5.70. The first-order chi connectivity index (χ1) is 8.70. The van der Waals surface area contributed by atoms with Crippen molar-refractivity contribution in [3.8, 4) is 0 Å². The average Bonchev–Trinajstić information content (AvgIpc) is 2.98. The summed E-state index contributed by atoms with van der Waals surface area (Å²) in [6.45, 7) is 3.85. The Morgan fingerprint density at radius 1 is 1.50 bits per heavy atom. The van der Waals surface area contributed by atoms with Crippen LogP contribution in [0.5, 0.6) is 0 Å². The first kappa shape index (κ1) is 13.1. The maximum atomic E-state index is 11.9. The van der Waals surface area contributed by atoms with Crippen LogP contribution >= 0.6 is 11.3 Å². The van der Waals surface area contributed by atoms with Crippen LogP contribution in [0.25, 0.3) is 0 Å². The van der Waals surface area contributed by atoms with Gasteiger partial charge in [-0.3, -0.25) is 4.79 Å². The molecule has 100 valence electrons. The molecule has 7 heteroatoms. The van der Waals surface area contributed by atoms with Gasteiger partial charge in [0.2, 0.25) is 0 Å². The Labute approximate surface area is 111 Å². The van der Waals surface area contributed by atoms with E-state index in [1.165, 1.54) is 24.2 Å². The van der Waals surface area contributed by atoms with Crippen molar-refractivity contribution in [1.29, 1.82) is 0 Å². The fraction of sp³-hybridized carbons (Fsp3) is 0.636. The number of aromatic nitrogens is 1. The number of likely N-dealkylation sites (tertiary alicyclic amines) is 1. The number of amides is 1. The van der Waals surface area contributed by atoms with Gasteiger partial charge in [-0.1, -0.05) is 11.3 Å². The van der Waals surface area contributed by atoms with Crippen LogP contribution in [0.4, 0.5) is 10.9 Å². The van der Waals surface area contributed by atoms with E-state index in [4.69, 9.17) is 5.73 Å². The highest BCUT2D eigenvalue weighted by Crippen LogP contribution is 2.24. The Kier molecular flexibility index (Phi) is 4.38. The van der Waals surface area contributed by atoms with Gasteiger partial charge in [0.05, 0.1) is 0 Å². The molecule has 0 unspecified atom stereocenters. The Hall–Kier alpha value is -1.34. The zero-order chi connectivity index (χ0) is 13.0. The topological polar surface area (TPSA) is 83.3 Å². The van der Waals surface area contributed by atoms with Crippen molar-refractivity contribution in [3.63, 3.8) is 0 Å². The number of nitrogens with one attached hydrogen (secondary N) is 2. The maximum absolute atomic E-state index is 11.9. The minimum absolute atomic E-state index is 0.134. The van der Waals surface area contributed by atoms with Crippen LogP contribution in [0, 0.1) is 0 Å². The molecule has 2 rings (SSSR count). The van der Waals surface area contributed by atoms with Gasteiger partial charge in [-0.05, 0) is 25.9 Å². The molecule has 0 bridgehead atoms. The summed E-state index contributed by atoms with van der Waals surface area (Å²) in [5, 5.41) is 6.43. The minimum Gasteiger partial charge on any atom is -0.382 e. The molecule has 0 aliphatic carbocycles. The number of hydrogen-bond acceptors (Lipinski definition) is 6. The lowest BCUT2D eigenvalue weighted by Gasteiger charge is -2.14. The van der Waals surface area contributed by atoms with Crippen LogP contribution in [-0.2, 0) is 0 Å². The predicted molar refractivity (Wildman–Crippen MR) is 74.1 cm³/mol. The molecule has 1 aliphatic heterocycles. The molecular formula is C11H19N5OS. The summed E-state index contributed by atoms with van der Waals surface area (Å²) >= 11 is 1.28. The summed E-state index contributed by atoms with van der Waals surface area (Å²) < 4.78 is 0. The summed E-state index contributed by atoms with van der Waals surface area (Å²) in [5.74, 6) is 0.161. The van der Waals surface area contributed by atoms with Gasteiger partial charge in [0.25, 0.3) is 5.91 Å². The highest BCUT2D eigenvalue weighted by molar-refractivity contribution is 7.18. The van der Waals surface area contributed by atoms with Gasteiger partial charge in [0, 0.05) is 20.1 Å². The molecule has 18 heavy (non-hydrogen) atoms. The maximum Gasteiger partial charge on any atom is 0.265 e. The number of nitrogens with zero attached hydrogens (tertiary/aromatic N) is 2. The van der Waals surface area contributed by atoms with Crippen LogP contribution in [0.1, 0.15) is 22.5 Å². The second kappa shape index (κ2) is 6.01. The lowest BCUT2D eigenvalue weighted by Crippen LogP contribution is -2.33. The zero-order valence-electron chi connectivity index (χ0n) is 10.5. The Balaban J connectivity index is 1.81. The van der Waals surface area contributed by atoms with E-state index < -0.39 is 0 Å². The van der Waals surface area contributed by atoms with E-state index in [2.05, 4.69) is 20.5 Å². The van der Waals surface area contributed by atoms with Crippen LogP contribution in [0.15, 0.2) is 0 Å². The molecule has 1 fully saturated rings. The lowest BCUT2D eigenvalue weighted by molar-refractivity contribution is 0.0954. The van der Waals surface area contributed by atoms with Gasteiger partial charge in [-0.2, -0.15) is 0 Å². The SMILES string of the molecule is CNc1nc(N)c(C(=O)NCCN2CCCC2)s1. The third kappa shape index (κ3) is 3.11. The van der Waals surface area contributed by atoms with E-state index >= 15 is 0 Å². The molecule has 0 aromatic carbocycles. The zero-order valence-corrected chi connectivity index (χ0v) is 11.3. The monoisotopic (exact) mass is 269 g/mol.